The second kappa shape index (κ2) is 11.8. The van der Waals surface area contributed by atoms with E-state index in [1.165, 1.54) is 11.8 Å². The predicted molar refractivity (Wildman–Crippen MR) is 135 cm³/mol. The van der Waals surface area contributed by atoms with Crippen LogP contribution in [0.5, 0.6) is 0 Å². The highest BCUT2D eigenvalue weighted by Crippen LogP contribution is 2.34. The Hall–Kier alpha value is -3.38. The number of aliphatic carboxylic acids is 1. The molecule has 35 heavy (non-hydrogen) atoms. The van der Waals surface area contributed by atoms with Crippen LogP contribution in [0.1, 0.15) is 65.2 Å². The first kappa shape index (κ1) is 24.7. The topological polar surface area (TPSA) is 92.4 Å². The molecule has 0 saturated heterocycles. The molecule has 0 saturated carbocycles. The number of halogens is 1. The minimum atomic E-state index is -0.795. The molecule has 2 aromatic carbocycles. The van der Waals surface area contributed by atoms with Crippen LogP contribution in [-0.4, -0.2) is 28.5 Å². The number of carboxylic acids is 1. The Morgan fingerprint density at radius 3 is 2.51 bits per heavy atom. The number of carboxylic acid groups (broad SMARTS) is 1. The molecular formula is C28H29ClN2O4. The third-order valence-electron chi connectivity index (χ3n) is 6.32. The van der Waals surface area contributed by atoms with Gasteiger partial charge in [-0.15, -0.1) is 0 Å². The summed E-state index contributed by atoms with van der Waals surface area (Å²) in [7, 11) is 0. The van der Waals surface area contributed by atoms with E-state index in [2.05, 4.69) is 16.4 Å². The van der Waals surface area contributed by atoms with E-state index in [-0.39, 0.29) is 18.0 Å². The molecule has 0 bridgehead atoms. The first-order chi connectivity index (χ1) is 17.0. The van der Waals surface area contributed by atoms with Gasteiger partial charge in [0.05, 0.1) is 0 Å². The SMILES string of the molecule is O=C(O)CCc1ccccc1CC1=C(c2nc(C(=O)NCCc3ccc(Cl)cc3)co2)CCCC1. The van der Waals surface area contributed by atoms with Crippen LogP contribution in [0, 0.1) is 0 Å². The molecule has 0 unspecified atom stereocenters. The molecule has 0 radical (unpaired) electrons. The summed E-state index contributed by atoms with van der Waals surface area (Å²) in [6.45, 7) is 0.490. The number of oxazole rings is 1. The van der Waals surface area contributed by atoms with Crippen LogP contribution in [0.25, 0.3) is 5.57 Å². The number of aromatic nitrogens is 1. The zero-order chi connectivity index (χ0) is 24.6. The lowest BCUT2D eigenvalue weighted by Gasteiger charge is -2.20. The molecule has 182 valence electrons. The number of carbonyl (C=O) groups is 2. The van der Waals surface area contributed by atoms with E-state index < -0.39 is 5.97 Å². The largest absolute Gasteiger partial charge is 0.481 e. The summed E-state index contributed by atoms with van der Waals surface area (Å²) in [5.41, 5.74) is 5.86. The van der Waals surface area contributed by atoms with Gasteiger partial charge in [-0.05, 0) is 73.8 Å². The van der Waals surface area contributed by atoms with Crippen molar-refractivity contribution in [1.29, 1.82) is 0 Å². The van der Waals surface area contributed by atoms with Crippen LogP contribution in [0.2, 0.25) is 5.02 Å². The standard InChI is InChI=1S/C28H29ClN2O4/c29-23-12-9-19(10-13-23)15-16-30-27(34)25-18-35-28(31-25)24-8-4-3-7-22(24)17-21-6-2-1-5-20(21)11-14-26(32)33/h1-2,5-6,9-10,12-13,18H,3-4,7-8,11,14-17H2,(H,30,34)(H,32,33). The normalized spacial score (nSPS) is 13.6. The molecule has 2 N–H and O–H groups in total. The van der Waals surface area contributed by atoms with Gasteiger partial charge in [0.25, 0.3) is 5.91 Å². The summed E-state index contributed by atoms with van der Waals surface area (Å²) in [5, 5.41) is 12.7. The van der Waals surface area contributed by atoms with Gasteiger partial charge in [0.2, 0.25) is 5.89 Å². The smallest absolute Gasteiger partial charge is 0.303 e. The number of nitrogens with zero attached hydrogens (tertiary/aromatic N) is 1. The van der Waals surface area contributed by atoms with E-state index in [1.807, 2.05) is 42.5 Å². The Labute approximate surface area is 210 Å². The number of hydrogen-bond donors (Lipinski definition) is 2. The fourth-order valence-corrected chi connectivity index (χ4v) is 4.57. The maximum absolute atomic E-state index is 12.6. The van der Waals surface area contributed by atoms with Crippen molar-refractivity contribution in [3.63, 3.8) is 0 Å². The molecule has 0 atom stereocenters. The van der Waals surface area contributed by atoms with Crippen LogP contribution in [0.15, 0.2) is 64.8 Å². The van der Waals surface area contributed by atoms with Gasteiger partial charge in [-0.25, -0.2) is 4.98 Å². The number of amides is 1. The highest BCUT2D eigenvalue weighted by atomic mass is 35.5. The van der Waals surface area contributed by atoms with Crippen molar-refractivity contribution in [2.24, 2.45) is 0 Å². The Bertz CT molecular complexity index is 1210. The van der Waals surface area contributed by atoms with E-state index >= 15 is 0 Å². The third-order valence-corrected chi connectivity index (χ3v) is 6.57. The van der Waals surface area contributed by atoms with E-state index in [0.717, 1.165) is 54.4 Å². The summed E-state index contributed by atoms with van der Waals surface area (Å²) in [5.74, 6) is -0.548. The number of nitrogens with one attached hydrogen (secondary N) is 1. The quantitative estimate of drug-likeness (QED) is 0.368. The molecule has 7 heteroatoms. The molecule has 0 aliphatic heterocycles. The maximum Gasteiger partial charge on any atom is 0.303 e. The van der Waals surface area contributed by atoms with E-state index in [1.54, 1.807) is 0 Å². The van der Waals surface area contributed by atoms with Gasteiger partial charge < -0.3 is 14.8 Å². The molecule has 1 aromatic heterocycles. The zero-order valence-electron chi connectivity index (χ0n) is 19.6. The Kier molecular flexibility index (Phi) is 8.37. The van der Waals surface area contributed by atoms with Crippen molar-refractivity contribution < 1.29 is 19.1 Å². The van der Waals surface area contributed by atoms with Gasteiger partial charge in [-0.2, -0.15) is 0 Å². The van der Waals surface area contributed by atoms with Crippen molar-refractivity contribution in [2.75, 3.05) is 6.54 Å². The minimum Gasteiger partial charge on any atom is -0.481 e. The number of aryl methyl sites for hydroxylation is 1. The number of rotatable bonds is 10. The fraction of sp³-hybridized carbons (Fsp3) is 0.321. The Morgan fingerprint density at radius 2 is 1.74 bits per heavy atom. The summed E-state index contributed by atoms with van der Waals surface area (Å²) in [4.78, 5) is 28.2. The second-order valence-corrected chi connectivity index (χ2v) is 9.24. The molecule has 4 rings (SSSR count). The average Bonchev–Trinajstić information content (AvgIpc) is 3.35. The number of carbonyl (C=O) groups excluding carboxylic acids is 1. The average molecular weight is 493 g/mol. The van der Waals surface area contributed by atoms with Crippen molar-refractivity contribution in [2.45, 2.75) is 51.4 Å². The first-order valence-corrected chi connectivity index (χ1v) is 12.4. The maximum atomic E-state index is 12.6. The lowest BCUT2D eigenvalue weighted by Crippen LogP contribution is -2.26. The van der Waals surface area contributed by atoms with Crippen LogP contribution in [-0.2, 0) is 24.1 Å². The summed E-state index contributed by atoms with van der Waals surface area (Å²) >= 11 is 5.92. The Balaban J connectivity index is 1.44. The van der Waals surface area contributed by atoms with Gasteiger partial charge >= 0.3 is 5.97 Å². The highest BCUT2D eigenvalue weighted by Gasteiger charge is 2.21. The molecule has 1 aliphatic rings. The molecule has 1 aliphatic carbocycles. The minimum absolute atomic E-state index is 0.110. The van der Waals surface area contributed by atoms with Crippen LogP contribution in [0.4, 0.5) is 0 Å². The van der Waals surface area contributed by atoms with Crippen LogP contribution < -0.4 is 5.32 Å². The predicted octanol–water partition coefficient (Wildman–Crippen LogP) is 5.89. The van der Waals surface area contributed by atoms with Gasteiger partial charge in [-0.1, -0.05) is 53.6 Å². The van der Waals surface area contributed by atoms with Crippen molar-refractivity contribution in [3.8, 4) is 0 Å². The van der Waals surface area contributed by atoms with Gasteiger partial charge in [0, 0.05) is 23.6 Å². The molecule has 0 fully saturated rings. The van der Waals surface area contributed by atoms with Crippen molar-refractivity contribution in [1.82, 2.24) is 10.3 Å². The molecule has 0 spiro atoms. The summed E-state index contributed by atoms with van der Waals surface area (Å²) in [6.07, 6.45) is 7.40. The number of allylic oxidation sites excluding steroid dienone is 2. The van der Waals surface area contributed by atoms with Crippen molar-refractivity contribution in [3.05, 3.63) is 93.7 Å². The highest BCUT2D eigenvalue weighted by molar-refractivity contribution is 6.30. The zero-order valence-corrected chi connectivity index (χ0v) is 20.3. The third kappa shape index (κ3) is 6.83. The van der Waals surface area contributed by atoms with Gasteiger partial charge in [0.15, 0.2) is 5.69 Å². The van der Waals surface area contributed by atoms with E-state index in [4.69, 9.17) is 21.1 Å². The lowest BCUT2D eigenvalue weighted by atomic mass is 9.86. The molecular weight excluding hydrogens is 464 g/mol. The first-order valence-electron chi connectivity index (χ1n) is 12.0. The van der Waals surface area contributed by atoms with Crippen LogP contribution in [0.3, 0.4) is 0 Å². The van der Waals surface area contributed by atoms with E-state index in [9.17, 15) is 9.59 Å². The van der Waals surface area contributed by atoms with E-state index in [0.29, 0.717) is 30.3 Å². The van der Waals surface area contributed by atoms with Gasteiger partial charge in [-0.3, -0.25) is 9.59 Å². The molecule has 1 amide bonds. The number of hydrogen-bond acceptors (Lipinski definition) is 4. The monoisotopic (exact) mass is 492 g/mol. The second-order valence-electron chi connectivity index (χ2n) is 8.80. The summed E-state index contributed by atoms with van der Waals surface area (Å²) < 4.78 is 5.76. The molecule has 6 nitrogen and oxygen atoms in total. The Morgan fingerprint density at radius 1 is 1.00 bits per heavy atom. The van der Waals surface area contributed by atoms with Gasteiger partial charge in [0.1, 0.15) is 6.26 Å². The fourth-order valence-electron chi connectivity index (χ4n) is 4.45. The lowest BCUT2D eigenvalue weighted by molar-refractivity contribution is -0.136. The number of benzene rings is 2. The summed E-state index contributed by atoms with van der Waals surface area (Å²) in [6, 6.07) is 15.6. The molecule has 3 aromatic rings. The molecule has 1 heterocycles. The van der Waals surface area contributed by atoms with Crippen LogP contribution >= 0.6 is 11.6 Å². The van der Waals surface area contributed by atoms with Crippen molar-refractivity contribution >= 4 is 29.1 Å².